The van der Waals surface area contributed by atoms with Gasteiger partial charge in [0.15, 0.2) is 0 Å². The Balaban J connectivity index is 2.73. The lowest BCUT2D eigenvalue weighted by Crippen LogP contribution is -2.38. The maximum atomic E-state index is 10.2. The number of hydrogen-bond acceptors (Lipinski definition) is 3. The second-order valence-electron chi connectivity index (χ2n) is 5.75. The van der Waals surface area contributed by atoms with E-state index in [1.165, 1.54) is 11.3 Å². The third-order valence-electron chi connectivity index (χ3n) is 3.75. The standard InChI is InChI=1S/C15H29N3O/c1-7-9-15(6,19)10-16-11(3)14-12(4)17-18(8-2)13(14)5/h11,16,19H,7-10H2,1-6H3. The molecule has 110 valence electrons. The first kappa shape index (κ1) is 16.2. The van der Waals surface area contributed by atoms with Gasteiger partial charge >= 0.3 is 0 Å². The van der Waals surface area contributed by atoms with Crippen LogP contribution in [0.2, 0.25) is 0 Å². The van der Waals surface area contributed by atoms with Crippen molar-refractivity contribution in [2.45, 2.75) is 72.6 Å². The van der Waals surface area contributed by atoms with Crippen LogP contribution in [0.3, 0.4) is 0 Å². The molecule has 1 rings (SSSR count). The minimum atomic E-state index is -0.633. The van der Waals surface area contributed by atoms with E-state index in [0.717, 1.165) is 25.1 Å². The molecule has 0 fully saturated rings. The van der Waals surface area contributed by atoms with Gasteiger partial charge in [0.25, 0.3) is 0 Å². The van der Waals surface area contributed by atoms with Crippen LogP contribution in [0.4, 0.5) is 0 Å². The van der Waals surface area contributed by atoms with Crippen LogP contribution in [-0.4, -0.2) is 27.0 Å². The lowest BCUT2D eigenvalue weighted by molar-refractivity contribution is 0.0476. The predicted octanol–water partition coefficient (Wildman–Crippen LogP) is 2.72. The van der Waals surface area contributed by atoms with Gasteiger partial charge in [-0.15, -0.1) is 0 Å². The van der Waals surface area contributed by atoms with Crippen molar-refractivity contribution >= 4 is 0 Å². The Morgan fingerprint density at radius 2 is 2.00 bits per heavy atom. The molecule has 4 nitrogen and oxygen atoms in total. The summed E-state index contributed by atoms with van der Waals surface area (Å²) in [7, 11) is 0. The van der Waals surface area contributed by atoms with Gasteiger partial charge in [0, 0.05) is 30.4 Å². The smallest absolute Gasteiger partial charge is 0.0743 e. The first-order valence-electron chi connectivity index (χ1n) is 7.32. The van der Waals surface area contributed by atoms with Crippen LogP contribution in [0.25, 0.3) is 0 Å². The van der Waals surface area contributed by atoms with Gasteiger partial charge in [0.1, 0.15) is 0 Å². The molecule has 0 saturated heterocycles. The van der Waals surface area contributed by atoms with Crippen LogP contribution in [0, 0.1) is 13.8 Å². The first-order valence-corrected chi connectivity index (χ1v) is 7.32. The van der Waals surface area contributed by atoms with Gasteiger partial charge in [0.05, 0.1) is 11.3 Å². The lowest BCUT2D eigenvalue weighted by Gasteiger charge is -2.26. The molecule has 4 heteroatoms. The molecule has 2 unspecified atom stereocenters. The molecular formula is C15H29N3O. The quantitative estimate of drug-likeness (QED) is 0.798. The molecule has 0 aliphatic heterocycles. The number of aromatic nitrogens is 2. The van der Waals surface area contributed by atoms with Crippen molar-refractivity contribution in [3.8, 4) is 0 Å². The zero-order valence-corrected chi connectivity index (χ0v) is 13.2. The summed E-state index contributed by atoms with van der Waals surface area (Å²) < 4.78 is 2.03. The maximum absolute atomic E-state index is 10.2. The summed E-state index contributed by atoms with van der Waals surface area (Å²) >= 11 is 0. The molecule has 0 saturated carbocycles. The van der Waals surface area contributed by atoms with Crippen LogP contribution in [0.1, 0.15) is 63.5 Å². The van der Waals surface area contributed by atoms with Gasteiger partial charge in [-0.1, -0.05) is 13.3 Å². The van der Waals surface area contributed by atoms with Crippen molar-refractivity contribution in [2.75, 3.05) is 6.54 Å². The van der Waals surface area contributed by atoms with E-state index >= 15 is 0 Å². The van der Waals surface area contributed by atoms with Crippen molar-refractivity contribution in [3.63, 3.8) is 0 Å². The monoisotopic (exact) mass is 267 g/mol. The highest BCUT2D eigenvalue weighted by Crippen LogP contribution is 2.22. The van der Waals surface area contributed by atoms with E-state index in [4.69, 9.17) is 0 Å². The Labute approximate surface area is 117 Å². The van der Waals surface area contributed by atoms with Crippen LogP contribution < -0.4 is 5.32 Å². The van der Waals surface area contributed by atoms with Gasteiger partial charge in [0.2, 0.25) is 0 Å². The topological polar surface area (TPSA) is 50.1 Å². The fourth-order valence-electron chi connectivity index (χ4n) is 2.75. The average molecular weight is 267 g/mol. The molecule has 0 bridgehead atoms. The molecule has 1 heterocycles. The number of nitrogens with zero attached hydrogens (tertiary/aromatic N) is 2. The van der Waals surface area contributed by atoms with Crippen LogP contribution >= 0.6 is 0 Å². The van der Waals surface area contributed by atoms with Crippen molar-refractivity contribution in [1.29, 1.82) is 0 Å². The normalized spacial score (nSPS) is 16.4. The minimum Gasteiger partial charge on any atom is -0.389 e. The summed E-state index contributed by atoms with van der Waals surface area (Å²) in [6.07, 6.45) is 1.81. The first-order chi connectivity index (χ1) is 8.82. The van der Waals surface area contributed by atoms with Crippen LogP contribution in [0.5, 0.6) is 0 Å². The Morgan fingerprint density at radius 3 is 2.47 bits per heavy atom. The maximum Gasteiger partial charge on any atom is 0.0743 e. The van der Waals surface area contributed by atoms with Gasteiger partial charge in [-0.25, -0.2) is 0 Å². The van der Waals surface area contributed by atoms with Gasteiger partial charge < -0.3 is 10.4 Å². The van der Waals surface area contributed by atoms with Crippen LogP contribution in [0.15, 0.2) is 0 Å². The molecule has 0 aliphatic carbocycles. The largest absolute Gasteiger partial charge is 0.389 e. The van der Waals surface area contributed by atoms with E-state index < -0.39 is 5.60 Å². The summed E-state index contributed by atoms with van der Waals surface area (Å²) in [4.78, 5) is 0. The SMILES string of the molecule is CCCC(C)(O)CNC(C)c1c(C)nn(CC)c1C. The Bertz CT molecular complexity index is 410. The molecule has 1 aromatic rings. The predicted molar refractivity (Wildman–Crippen MR) is 79.3 cm³/mol. The fraction of sp³-hybridized carbons (Fsp3) is 0.800. The van der Waals surface area contributed by atoms with E-state index in [-0.39, 0.29) is 6.04 Å². The third kappa shape index (κ3) is 4.05. The minimum absolute atomic E-state index is 0.212. The molecule has 19 heavy (non-hydrogen) atoms. The van der Waals surface area contributed by atoms with Gasteiger partial charge in [-0.2, -0.15) is 5.10 Å². The Kier molecular flexibility index (Phi) is 5.56. The highest BCUT2D eigenvalue weighted by atomic mass is 16.3. The number of nitrogens with one attached hydrogen (secondary N) is 1. The Morgan fingerprint density at radius 1 is 1.37 bits per heavy atom. The zero-order valence-electron chi connectivity index (χ0n) is 13.2. The average Bonchev–Trinajstić information content (AvgIpc) is 2.61. The lowest BCUT2D eigenvalue weighted by atomic mass is 9.99. The van der Waals surface area contributed by atoms with Gasteiger partial charge in [-0.3, -0.25) is 4.68 Å². The van der Waals surface area contributed by atoms with E-state index in [2.05, 4.69) is 45.0 Å². The molecule has 2 atom stereocenters. The molecule has 0 spiro atoms. The summed E-state index contributed by atoms with van der Waals surface area (Å²) in [5, 5.41) is 18.2. The molecule has 2 N–H and O–H groups in total. The fourth-order valence-corrected chi connectivity index (χ4v) is 2.75. The molecule has 0 amide bonds. The number of hydrogen-bond donors (Lipinski definition) is 2. The number of aliphatic hydroxyl groups is 1. The number of rotatable bonds is 7. The second-order valence-corrected chi connectivity index (χ2v) is 5.75. The van der Waals surface area contributed by atoms with Crippen molar-refractivity contribution in [1.82, 2.24) is 15.1 Å². The van der Waals surface area contributed by atoms with Crippen LogP contribution in [-0.2, 0) is 6.54 Å². The molecule has 0 aromatic carbocycles. The Hall–Kier alpha value is -0.870. The summed E-state index contributed by atoms with van der Waals surface area (Å²) in [5.41, 5.74) is 2.92. The zero-order chi connectivity index (χ0) is 14.6. The molecule has 1 aromatic heterocycles. The summed E-state index contributed by atoms with van der Waals surface area (Å²) in [6, 6.07) is 0.212. The van der Waals surface area contributed by atoms with E-state index in [9.17, 15) is 5.11 Å². The number of aryl methyl sites for hydroxylation is 2. The molecule has 0 radical (unpaired) electrons. The molecule has 0 aliphatic rings. The molecular weight excluding hydrogens is 238 g/mol. The van der Waals surface area contributed by atoms with Gasteiger partial charge in [-0.05, 0) is 41.0 Å². The highest BCUT2D eigenvalue weighted by molar-refractivity contribution is 5.27. The summed E-state index contributed by atoms with van der Waals surface area (Å²) in [5.74, 6) is 0. The van der Waals surface area contributed by atoms with Crippen molar-refractivity contribution in [3.05, 3.63) is 17.0 Å². The van der Waals surface area contributed by atoms with E-state index in [1.807, 2.05) is 11.6 Å². The van der Waals surface area contributed by atoms with E-state index in [0.29, 0.717) is 6.54 Å². The highest BCUT2D eigenvalue weighted by Gasteiger charge is 2.22. The third-order valence-corrected chi connectivity index (χ3v) is 3.75. The van der Waals surface area contributed by atoms with Crippen molar-refractivity contribution in [2.24, 2.45) is 0 Å². The second kappa shape index (κ2) is 6.53. The van der Waals surface area contributed by atoms with E-state index in [1.54, 1.807) is 0 Å². The van der Waals surface area contributed by atoms with Crippen molar-refractivity contribution < 1.29 is 5.11 Å². The summed E-state index contributed by atoms with van der Waals surface area (Å²) in [6.45, 7) is 13.9.